The first-order chi connectivity index (χ1) is 7.54. The smallest absolute Gasteiger partial charge is 0.305 e. The fourth-order valence-electron chi connectivity index (χ4n) is 1.50. The van der Waals surface area contributed by atoms with Gasteiger partial charge in [-0.2, -0.15) is 0 Å². The molecule has 0 bridgehead atoms. The molecule has 5 heteroatoms. The fourth-order valence-corrected chi connectivity index (χ4v) is 1.50. The molecule has 0 saturated heterocycles. The number of carbonyl (C=O) groups is 2. The van der Waals surface area contributed by atoms with E-state index in [1.54, 1.807) is 13.0 Å². The van der Waals surface area contributed by atoms with Gasteiger partial charge in [0, 0.05) is 0 Å². The number of rotatable bonds is 5. The van der Waals surface area contributed by atoms with Crippen LogP contribution in [0.5, 0.6) is 0 Å². The largest absolute Gasteiger partial charge is 0.481 e. The molecule has 1 aromatic carbocycles. The molecule has 16 heavy (non-hydrogen) atoms. The number of carboxylic acid groups (broad SMARTS) is 1. The number of amides is 1. The Morgan fingerprint density at radius 2 is 2.31 bits per heavy atom. The van der Waals surface area contributed by atoms with Crippen molar-refractivity contribution in [1.29, 1.82) is 0 Å². The number of aliphatic carboxylic acids is 1. The van der Waals surface area contributed by atoms with Crippen LogP contribution >= 0.6 is 0 Å². The summed E-state index contributed by atoms with van der Waals surface area (Å²) in [7, 11) is 0. The third-order valence-electron chi connectivity index (χ3n) is 2.26. The minimum absolute atomic E-state index is 0.275. The van der Waals surface area contributed by atoms with Gasteiger partial charge in [-0.15, -0.1) is 0 Å². The summed E-state index contributed by atoms with van der Waals surface area (Å²) < 4.78 is 13.0. The van der Waals surface area contributed by atoms with Gasteiger partial charge in [-0.05, 0) is 30.2 Å². The molecule has 0 saturated carbocycles. The van der Waals surface area contributed by atoms with Crippen molar-refractivity contribution in [1.82, 2.24) is 5.32 Å². The number of hydrogen-bond donors (Lipinski definition) is 2. The highest BCUT2D eigenvalue weighted by molar-refractivity contribution is 5.68. The Labute approximate surface area is 92.1 Å². The molecule has 0 heterocycles. The number of nitrogens with one attached hydrogen (secondary N) is 1. The topological polar surface area (TPSA) is 66.4 Å². The summed E-state index contributed by atoms with van der Waals surface area (Å²) in [5.74, 6) is -1.51. The van der Waals surface area contributed by atoms with E-state index in [0.29, 0.717) is 12.0 Å². The van der Waals surface area contributed by atoms with E-state index in [9.17, 15) is 14.0 Å². The van der Waals surface area contributed by atoms with E-state index in [4.69, 9.17) is 5.11 Å². The molecule has 1 amide bonds. The Morgan fingerprint density at radius 1 is 1.62 bits per heavy atom. The van der Waals surface area contributed by atoms with Crippen LogP contribution in [0.25, 0.3) is 0 Å². The number of halogens is 1. The molecule has 0 fully saturated rings. The molecule has 0 aliphatic heterocycles. The first-order valence-electron chi connectivity index (χ1n) is 4.72. The monoisotopic (exact) mass is 225 g/mol. The second-order valence-electron chi connectivity index (χ2n) is 3.44. The zero-order valence-corrected chi connectivity index (χ0v) is 8.74. The summed E-state index contributed by atoms with van der Waals surface area (Å²) in [4.78, 5) is 21.0. The normalized spacial score (nSPS) is 11.9. The molecular formula is C11H12FNO3. The van der Waals surface area contributed by atoms with Gasteiger partial charge < -0.3 is 10.4 Å². The van der Waals surface area contributed by atoms with Gasteiger partial charge in [-0.1, -0.05) is 6.07 Å². The van der Waals surface area contributed by atoms with Crippen molar-refractivity contribution in [2.75, 3.05) is 0 Å². The van der Waals surface area contributed by atoms with E-state index >= 15 is 0 Å². The molecule has 4 nitrogen and oxygen atoms in total. The summed E-state index contributed by atoms with van der Waals surface area (Å²) in [5.41, 5.74) is 1.22. The molecule has 2 N–H and O–H groups in total. The van der Waals surface area contributed by atoms with Crippen molar-refractivity contribution in [3.8, 4) is 0 Å². The SMILES string of the molecule is Cc1ccc(F)cc1[C@@H](CC(=O)O)NC=O. The van der Waals surface area contributed by atoms with Crippen molar-refractivity contribution < 1.29 is 19.1 Å². The summed E-state index contributed by atoms with van der Waals surface area (Å²) in [6.07, 6.45) is 0.140. The van der Waals surface area contributed by atoms with Crippen LogP contribution in [0.4, 0.5) is 4.39 Å². The minimum atomic E-state index is -1.05. The first kappa shape index (κ1) is 12.2. The number of benzene rings is 1. The predicted molar refractivity (Wildman–Crippen MR) is 55.3 cm³/mol. The number of hydrogen-bond acceptors (Lipinski definition) is 2. The molecule has 0 aliphatic carbocycles. The van der Waals surface area contributed by atoms with E-state index < -0.39 is 17.8 Å². The van der Waals surface area contributed by atoms with Crippen LogP contribution in [0.2, 0.25) is 0 Å². The van der Waals surface area contributed by atoms with Gasteiger partial charge in [-0.3, -0.25) is 9.59 Å². The van der Waals surface area contributed by atoms with Crippen LogP contribution in [0, 0.1) is 12.7 Å². The Bertz CT molecular complexity index is 406. The second-order valence-corrected chi connectivity index (χ2v) is 3.44. The lowest BCUT2D eigenvalue weighted by atomic mass is 9.99. The first-order valence-corrected chi connectivity index (χ1v) is 4.72. The van der Waals surface area contributed by atoms with Crippen LogP contribution in [0.3, 0.4) is 0 Å². The minimum Gasteiger partial charge on any atom is -0.481 e. The van der Waals surface area contributed by atoms with Gasteiger partial charge in [0.15, 0.2) is 0 Å². The van der Waals surface area contributed by atoms with Gasteiger partial charge in [0.1, 0.15) is 5.82 Å². The van der Waals surface area contributed by atoms with E-state index in [-0.39, 0.29) is 6.42 Å². The number of carbonyl (C=O) groups excluding carboxylic acids is 1. The maximum absolute atomic E-state index is 13.0. The lowest BCUT2D eigenvalue weighted by molar-refractivity contribution is -0.137. The van der Waals surface area contributed by atoms with Crippen LogP contribution in [-0.2, 0) is 9.59 Å². The van der Waals surface area contributed by atoms with E-state index in [2.05, 4.69) is 5.32 Å². The van der Waals surface area contributed by atoms with Crippen LogP contribution < -0.4 is 5.32 Å². The van der Waals surface area contributed by atoms with Gasteiger partial charge in [0.2, 0.25) is 6.41 Å². The lowest BCUT2D eigenvalue weighted by Crippen LogP contribution is -2.23. The third kappa shape index (κ3) is 3.05. The van der Waals surface area contributed by atoms with Crippen LogP contribution in [0.15, 0.2) is 18.2 Å². The Hall–Kier alpha value is -1.91. The van der Waals surface area contributed by atoms with Crippen molar-refractivity contribution in [2.24, 2.45) is 0 Å². The number of carboxylic acids is 1. The highest BCUT2D eigenvalue weighted by Crippen LogP contribution is 2.21. The zero-order valence-electron chi connectivity index (χ0n) is 8.74. The molecule has 86 valence electrons. The Kier molecular flexibility index (Phi) is 3.99. The van der Waals surface area contributed by atoms with Crippen LogP contribution in [0.1, 0.15) is 23.6 Å². The van der Waals surface area contributed by atoms with Gasteiger partial charge >= 0.3 is 5.97 Å². The maximum atomic E-state index is 13.0. The summed E-state index contributed by atoms with van der Waals surface area (Å²) in [6, 6.07) is 3.37. The lowest BCUT2D eigenvalue weighted by Gasteiger charge is -2.16. The third-order valence-corrected chi connectivity index (χ3v) is 2.26. The molecule has 1 atom stereocenters. The van der Waals surface area contributed by atoms with E-state index in [1.807, 2.05) is 0 Å². The van der Waals surface area contributed by atoms with Gasteiger partial charge in [0.05, 0.1) is 12.5 Å². The second kappa shape index (κ2) is 5.25. The molecule has 1 aromatic rings. The average Bonchev–Trinajstić information content (AvgIpc) is 2.20. The predicted octanol–water partition coefficient (Wildman–Crippen LogP) is 1.40. The fraction of sp³-hybridized carbons (Fsp3) is 0.273. The van der Waals surface area contributed by atoms with E-state index in [0.717, 1.165) is 5.56 Å². The molecule has 0 aliphatic rings. The molecule has 0 radical (unpaired) electrons. The van der Waals surface area contributed by atoms with Crippen LogP contribution in [-0.4, -0.2) is 17.5 Å². The Balaban J connectivity index is 3.03. The number of aryl methyl sites for hydroxylation is 1. The van der Waals surface area contributed by atoms with Crippen molar-refractivity contribution in [2.45, 2.75) is 19.4 Å². The van der Waals surface area contributed by atoms with Crippen molar-refractivity contribution in [3.05, 3.63) is 35.1 Å². The summed E-state index contributed by atoms with van der Waals surface area (Å²) >= 11 is 0. The van der Waals surface area contributed by atoms with Gasteiger partial charge in [0.25, 0.3) is 0 Å². The molecule has 1 rings (SSSR count). The molecular weight excluding hydrogens is 213 g/mol. The quantitative estimate of drug-likeness (QED) is 0.744. The van der Waals surface area contributed by atoms with Crippen molar-refractivity contribution >= 4 is 12.4 Å². The molecule has 0 spiro atoms. The van der Waals surface area contributed by atoms with Crippen molar-refractivity contribution in [3.63, 3.8) is 0 Å². The highest BCUT2D eigenvalue weighted by Gasteiger charge is 2.17. The molecule has 0 aromatic heterocycles. The summed E-state index contributed by atoms with van der Waals surface area (Å²) in [6.45, 7) is 1.73. The van der Waals surface area contributed by atoms with Gasteiger partial charge in [-0.25, -0.2) is 4.39 Å². The average molecular weight is 225 g/mol. The maximum Gasteiger partial charge on any atom is 0.305 e. The Morgan fingerprint density at radius 3 is 2.88 bits per heavy atom. The zero-order chi connectivity index (χ0) is 12.1. The standard InChI is InChI=1S/C11H12FNO3/c1-7-2-3-8(12)4-9(7)10(13-6-14)5-11(15)16/h2-4,6,10H,5H2,1H3,(H,13,14)(H,15,16)/t10-/m1/s1. The van der Waals surface area contributed by atoms with E-state index in [1.165, 1.54) is 12.1 Å². The summed E-state index contributed by atoms with van der Waals surface area (Å²) in [5, 5.41) is 11.1. The highest BCUT2D eigenvalue weighted by atomic mass is 19.1. The molecule has 0 unspecified atom stereocenters.